The molecule has 3 heterocycles. The predicted molar refractivity (Wildman–Crippen MR) is 95.5 cm³/mol. The Balaban J connectivity index is 1.49. The average molecular weight is 348 g/mol. The zero-order valence-electron chi connectivity index (χ0n) is 13.0. The number of hydrogen-bond donors (Lipinski definition) is 1. The SMILES string of the molecule is N#Cc1cccc(-c2ccc(-c3nc(SCC4=NN=CC4)n[nH]3)o2)c1. The van der Waals surface area contributed by atoms with Crippen molar-refractivity contribution < 1.29 is 4.42 Å². The molecule has 2 aromatic heterocycles. The standard InChI is InChI=1S/C17H12N6OS/c18-9-11-2-1-3-12(8-11)14-4-5-15(24-14)16-20-17(23-22-16)25-10-13-6-7-19-21-13/h1-5,7-8H,6,10H2,(H,20,22,23). The molecule has 0 fully saturated rings. The van der Waals surface area contributed by atoms with Crippen molar-refractivity contribution in [2.75, 3.05) is 5.75 Å². The van der Waals surface area contributed by atoms with E-state index in [1.54, 1.807) is 18.3 Å². The van der Waals surface area contributed by atoms with Crippen LogP contribution < -0.4 is 0 Å². The summed E-state index contributed by atoms with van der Waals surface area (Å²) in [6, 6.07) is 13.1. The summed E-state index contributed by atoms with van der Waals surface area (Å²) >= 11 is 1.50. The number of nitrogens with one attached hydrogen (secondary N) is 1. The number of nitriles is 1. The van der Waals surface area contributed by atoms with Crippen molar-refractivity contribution in [2.45, 2.75) is 11.6 Å². The number of rotatable bonds is 5. The van der Waals surface area contributed by atoms with Gasteiger partial charge in [-0.2, -0.15) is 20.4 Å². The highest BCUT2D eigenvalue weighted by Gasteiger charge is 2.13. The van der Waals surface area contributed by atoms with Crippen LogP contribution in [0.1, 0.15) is 12.0 Å². The minimum Gasteiger partial charge on any atom is -0.453 e. The third-order valence-electron chi connectivity index (χ3n) is 3.56. The molecule has 0 saturated carbocycles. The molecule has 7 nitrogen and oxygen atoms in total. The van der Waals surface area contributed by atoms with Crippen LogP contribution in [0.5, 0.6) is 0 Å². The normalized spacial score (nSPS) is 13.0. The Labute approximate surface area is 147 Å². The maximum Gasteiger partial charge on any atom is 0.209 e. The molecule has 25 heavy (non-hydrogen) atoms. The first kappa shape index (κ1) is 15.4. The van der Waals surface area contributed by atoms with Gasteiger partial charge in [0, 0.05) is 24.0 Å². The predicted octanol–water partition coefficient (Wildman–Crippen LogP) is 3.53. The highest BCUT2D eigenvalue weighted by molar-refractivity contribution is 7.99. The second-order valence-corrected chi connectivity index (χ2v) is 6.22. The maximum absolute atomic E-state index is 9.00. The van der Waals surface area contributed by atoms with Crippen LogP contribution >= 0.6 is 11.8 Å². The average Bonchev–Trinajstić information content (AvgIpc) is 3.41. The number of thioether (sulfide) groups is 1. The number of furan rings is 1. The zero-order valence-corrected chi connectivity index (χ0v) is 13.8. The van der Waals surface area contributed by atoms with Gasteiger partial charge in [0.1, 0.15) is 5.76 Å². The number of hydrogen-bond acceptors (Lipinski definition) is 7. The number of aromatic nitrogens is 3. The summed E-state index contributed by atoms with van der Waals surface area (Å²) in [4.78, 5) is 4.44. The Hall–Kier alpha value is -3.18. The first-order chi connectivity index (χ1) is 12.3. The van der Waals surface area contributed by atoms with Crippen molar-refractivity contribution in [1.82, 2.24) is 15.2 Å². The summed E-state index contributed by atoms with van der Waals surface area (Å²) in [5.74, 6) is 2.55. The molecule has 0 unspecified atom stereocenters. The molecule has 0 saturated heterocycles. The molecular weight excluding hydrogens is 336 g/mol. The summed E-state index contributed by atoms with van der Waals surface area (Å²) in [5, 5.41) is 24.6. The summed E-state index contributed by atoms with van der Waals surface area (Å²) in [5.41, 5.74) is 2.44. The van der Waals surface area contributed by atoms with Crippen molar-refractivity contribution in [2.24, 2.45) is 10.2 Å². The molecule has 0 aliphatic carbocycles. The lowest BCUT2D eigenvalue weighted by Crippen LogP contribution is -1.98. The first-order valence-corrected chi connectivity index (χ1v) is 8.53. The zero-order chi connectivity index (χ0) is 17.1. The smallest absolute Gasteiger partial charge is 0.209 e. The van der Waals surface area contributed by atoms with E-state index in [2.05, 4.69) is 31.5 Å². The van der Waals surface area contributed by atoms with Crippen LogP contribution in [0, 0.1) is 11.3 Å². The monoisotopic (exact) mass is 348 g/mol. The number of aromatic amines is 1. The number of nitrogens with zero attached hydrogens (tertiary/aromatic N) is 5. The van der Waals surface area contributed by atoms with Gasteiger partial charge < -0.3 is 4.42 Å². The van der Waals surface area contributed by atoms with Crippen LogP contribution in [0.15, 0.2) is 56.2 Å². The van der Waals surface area contributed by atoms with E-state index in [1.165, 1.54) is 11.8 Å². The Kier molecular flexibility index (Phi) is 4.14. The van der Waals surface area contributed by atoms with Gasteiger partial charge in [-0.3, -0.25) is 5.10 Å². The quantitative estimate of drug-likeness (QED) is 0.710. The van der Waals surface area contributed by atoms with Crippen molar-refractivity contribution in [1.29, 1.82) is 5.26 Å². The van der Waals surface area contributed by atoms with Gasteiger partial charge in [-0.05, 0) is 24.3 Å². The van der Waals surface area contributed by atoms with Crippen LogP contribution in [-0.4, -0.2) is 32.9 Å². The molecule has 122 valence electrons. The van der Waals surface area contributed by atoms with Crippen molar-refractivity contribution >= 4 is 23.7 Å². The molecule has 0 bridgehead atoms. The third kappa shape index (κ3) is 3.36. The summed E-state index contributed by atoms with van der Waals surface area (Å²) in [7, 11) is 0. The van der Waals surface area contributed by atoms with Crippen LogP contribution in [-0.2, 0) is 0 Å². The van der Waals surface area contributed by atoms with Gasteiger partial charge in [0.15, 0.2) is 11.6 Å². The molecule has 0 atom stereocenters. The molecule has 3 aromatic rings. The van der Waals surface area contributed by atoms with Crippen molar-refractivity contribution in [3.8, 4) is 29.0 Å². The molecule has 0 amide bonds. The topological polar surface area (TPSA) is 103 Å². The highest BCUT2D eigenvalue weighted by Crippen LogP contribution is 2.28. The molecule has 1 aromatic carbocycles. The second kappa shape index (κ2) is 6.75. The molecule has 4 rings (SSSR count). The Morgan fingerprint density at radius 1 is 1.24 bits per heavy atom. The van der Waals surface area contributed by atoms with E-state index in [9.17, 15) is 0 Å². The Morgan fingerprint density at radius 3 is 3.00 bits per heavy atom. The highest BCUT2D eigenvalue weighted by atomic mass is 32.2. The van der Waals surface area contributed by atoms with E-state index < -0.39 is 0 Å². The van der Waals surface area contributed by atoms with Gasteiger partial charge in [0.2, 0.25) is 5.16 Å². The minimum absolute atomic E-state index is 0.565. The van der Waals surface area contributed by atoms with E-state index in [4.69, 9.17) is 9.68 Å². The van der Waals surface area contributed by atoms with Gasteiger partial charge >= 0.3 is 0 Å². The second-order valence-electron chi connectivity index (χ2n) is 5.28. The summed E-state index contributed by atoms with van der Waals surface area (Å²) in [6.07, 6.45) is 2.57. The fourth-order valence-corrected chi connectivity index (χ4v) is 3.07. The van der Waals surface area contributed by atoms with Crippen LogP contribution in [0.3, 0.4) is 0 Å². The van der Waals surface area contributed by atoms with Crippen molar-refractivity contribution in [3.05, 3.63) is 42.0 Å². The Morgan fingerprint density at radius 2 is 2.16 bits per heavy atom. The van der Waals surface area contributed by atoms with E-state index in [0.717, 1.165) is 17.7 Å². The third-order valence-corrected chi connectivity index (χ3v) is 4.47. The molecule has 0 spiro atoms. The van der Waals surface area contributed by atoms with Crippen LogP contribution in [0.25, 0.3) is 22.9 Å². The lowest BCUT2D eigenvalue weighted by Gasteiger charge is -1.97. The molecular formula is C17H12N6OS. The van der Waals surface area contributed by atoms with Crippen molar-refractivity contribution in [3.63, 3.8) is 0 Å². The van der Waals surface area contributed by atoms with E-state index >= 15 is 0 Å². The number of H-pyrrole nitrogens is 1. The molecule has 0 radical (unpaired) electrons. The molecule has 1 N–H and O–H groups in total. The minimum atomic E-state index is 0.565. The fourth-order valence-electron chi connectivity index (χ4n) is 2.33. The van der Waals surface area contributed by atoms with Gasteiger partial charge in [-0.1, -0.05) is 23.9 Å². The van der Waals surface area contributed by atoms with Gasteiger partial charge in [-0.25, -0.2) is 0 Å². The van der Waals surface area contributed by atoms with E-state index in [-0.39, 0.29) is 0 Å². The van der Waals surface area contributed by atoms with Crippen LogP contribution in [0.4, 0.5) is 0 Å². The molecule has 8 heteroatoms. The summed E-state index contributed by atoms with van der Waals surface area (Å²) < 4.78 is 5.85. The van der Waals surface area contributed by atoms with Gasteiger partial charge in [0.25, 0.3) is 0 Å². The van der Waals surface area contributed by atoms with E-state index in [0.29, 0.717) is 33.8 Å². The maximum atomic E-state index is 9.00. The first-order valence-electron chi connectivity index (χ1n) is 7.55. The lowest BCUT2D eigenvalue weighted by molar-refractivity contribution is 0.592. The van der Waals surface area contributed by atoms with E-state index in [1.807, 2.05) is 24.3 Å². The molecule has 1 aliphatic heterocycles. The van der Waals surface area contributed by atoms with Gasteiger partial charge in [-0.15, -0.1) is 5.10 Å². The fraction of sp³-hybridized carbons (Fsp3) is 0.118. The number of benzene rings is 1. The molecule has 1 aliphatic rings. The largest absolute Gasteiger partial charge is 0.453 e. The van der Waals surface area contributed by atoms with Gasteiger partial charge in [0.05, 0.1) is 17.3 Å². The Bertz CT molecular complexity index is 1010. The lowest BCUT2D eigenvalue weighted by atomic mass is 10.1. The van der Waals surface area contributed by atoms with Crippen LogP contribution in [0.2, 0.25) is 0 Å². The summed E-state index contributed by atoms with van der Waals surface area (Å²) in [6.45, 7) is 0.